The molecule has 2 aromatic rings. The zero-order valence-corrected chi connectivity index (χ0v) is 12.9. The van der Waals surface area contributed by atoms with Crippen LogP contribution in [0.2, 0.25) is 5.02 Å². The fourth-order valence-electron chi connectivity index (χ4n) is 2.33. The molecule has 114 valence electrons. The highest BCUT2D eigenvalue weighted by Crippen LogP contribution is 2.31. The third-order valence-corrected chi connectivity index (χ3v) is 3.75. The van der Waals surface area contributed by atoms with E-state index in [-0.39, 0.29) is 12.5 Å². The minimum Gasteiger partial charge on any atom is -0.485 e. The van der Waals surface area contributed by atoms with Crippen molar-refractivity contribution in [2.75, 3.05) is 13.7 Å². The van der Waals surface area contributed by atoms with E-state index in [1.807, 2.05) is 42.5 Å². The molecule has 0 bridgehead atoms. The lowest BCUT2D eigenvalue weighted by atomic mass is 10.2. The zero-order chi connectivity index (χ0) is 15.5. The predicted molar refractivity (Wildman–Crippen MR) is 84.3 cm³/mol. The fourth-order valence-corrected chi connectivity index (χ4v) is 2.45. The molecule has 1 heterocycles. The van der Waals surface area contributed by atoms with E-state index in [0.717, 1.165) is 5.56 Å². The Kier molecular flexibility index (Phi) is 4.20. The third kappa shape index (κ3) is 3.17. The van der Waals surface area contributed by atoms with Crippen LogP contribution in [0, 0.1) is 0 Å². The molecule has 2 aromatic carbocycles. The maximum Gasteiger partial charge on any atom is 0.267 e. The summed E-state index contributed by atoms with van der Waals surface area (Å²) in [7, 11) is 1.75. The van der Waals surface area contributed by atoms with Crippen LogP contribution in [0.25, 0.3) is 0 Å². The smallest absolute Gasteiger partial charge is 0.267 e. The monoisotopic (exact) mass is 317 g/mol. The van der Waals surface area contributed by atoms with Gasteiger partial charge in [-0.3, -0.25) is 4.79 Å². The molecule has 0 saturated heterocycles. The molecular weight excluding hydrogens is 302 g/mol. The first-order chi connectivity index (χ1) is 10.6. The van der Waals surface area contributed by atoms with Gasteiger partial charge in [0.1, 0.15) is 6.61 Å². The fraction of sp³-hybridized carbons (Fsp3) is 0.235. The number of para-hydroxylation sites is 2. The van der Waals surface area contributed by atoms with Crippen molar-refractivity contribution in [2.24, 2.45) is 0 Å². The van der Waals surface area contributed by atoms with Crippen molar-refractivity contribution in [2.45, 2.75) is 12.6 Å². The third-order valence-electron chi connectivity index (χ3n) is 3.49. The van der Waals surface area contributed by atoms with Crippen LogP contribution in [0.3, 0.4) is 0 Å². The topological polar surface area (TPSA) is 38.8 Å². The molecule has 3 rings (SSSR count). The average Bonchev–Trinajstić information content (AvgIpc) is 2.55. The van der Waals surface area contributed by atoms with Crippen molar-refractivity contribution < 1.29 is 14.3 Å². The molecule has 5 heteroatoms. The van der Waals surface area contributed by atoms with Gasteiger partial charge < -0.3 is 14.4 Å². The molecule has 0 fully saturated rings. The van der Waals surface area contributed by atoms with E-state index in [2.05, 4.69) is 0 Å². The Morgan fingerprint density at radius 1 is 1.18 bits per heavy atom. The Morgan fingerprint density at radius 2 is 1.86 bits per heavy atom. The Labute approximate surface area is 134 Å². The second kappa shape index (κ2) is 6.28. The normalized spacial score (nSPS) is 16.2. The van der Waals surface area contributed by atoms with Crippen molar-refractivity contribution in [1.29, 1.82) is 0 Å². The molecule has 0 radical (unpaired) electrons. The van der Waals surface area contributed by atoms with Crippen LogP contribution < -0.4 is 9.47 Å². The lowest BCUT2D eigenvalue weighted by Crippen LogP contribution is -2.44. The molecule has 4 nitrogen and oxygen atoms in total. The Morgan fingerprint density at radius 3 is 2.59 bits per heavy atom. The van der Waals surface area contributed by atoms with Gasteiger partial charge in [-0.1, -0.05) is 35.9 Å². The Balaban J connectivity index is 1.65. The number of amides is 1. The first-order valence-corrected chi connectivity index (χ1v) is 7.39. The SMILES string of the molecule is CN(Cc1ccc(Cl)cc1)C(=O)C1COc2ccccc2O1. The van der Waals surface area contributed by atoms with E-state index < -0.39 is 6.10 Å². The second-order valence-corrected chi connectivity index (χ2v) is 5.62. The summed E-state index contributed by atoms with van der Waals surface area (Å²) < 4.78 is 11.3. The summed E-state index contributed by atoms with van der Waals surface area (Å²) >= 11 is 5.86. The minimum atomic E-state index is -0.618. The highest BCUT2D eigenvalue weighted by molar-refractivity contribution is 6.30. The molecule has 1 amide bonds. The van der Waals surface area contributed by atoms with Gasteiger partial charge in [0, 0.05) is 18.6 Å². The summed E-state index contributed by atoms with van der Waals surface area (Å²) in [5.74, 6) is 1.17. The molecular formula is C17H16ClNO3. The number of hydrogen-bond donors (Lipinski definition) is 0. The maximum atomic E-state index is 12.5. The largest absolute Gasteiger partial charge is 0.485 e. The van der Waals surface area contributed by atoms with Crippen LogP contribution in [-0.2, 0) is 11.3 Å². The van der Waals surface area contributed by atoms with Crippen LogP contribution in [-0.4, -0.2) is 30.6 Å². The minimum absolute atomic E-state index is 0.107. The molecule has 1 atom stereocenters. The van der Waals surface area contributed by atoms with Gasteiger partial charge in [-0.05, 0) is 29.8 Å². The average molecular weight is 318 g/mol. The molecule has 1 aliphatic rings. The molecule has 0 spiro atoms. The van der Waals surface area contributed by atoms with Crippen LogP contribution in [0.1, 0.15) is 5.56 Å². The van der Waals surface area contributed by atoms with Crippen molar-refractivity contribution in [3.05, 3.63) is 59.1 Å². The summed E-state index contributed by atoms with van der Waals surface area (Å²) in [5.41, 5.74) is 1.01. The number of hydrogen-bond acceptors (Lipinski definition) is 3. The molecule has 1 aliphatic heterocycles. The van der Waals surface area contributed by atoms with Gasteiger partial charge in [0.2, 0.25) is 6.10 Å². The number of likely N-dealkylation sites (N-methyl/N-ethyl adjacent to an activating group) is 1. The van der Waals surface area contributed by atoms with Crippen molar-refractivity contribution in [3.63, 3.8) is 0 Å². The number of benzene rings is 2. The lowest BCUT2D eigenvalue weighted by Gasteiger charge is -2.28. The van der Waals surface area contributed by atoms with Crippen LogP contribution in [0.15, 0.2) is 48.5 Å². The van der Waals surface area contributed by atoms with E-state index in [0.29, 0.717) is 23.1 Å². The van der Waals surface area contributed by atoms with Crippen molar-refractivity contribution in [1.82, 2.24) is 4.90 Å². The maximum absolute atomic E-state index is 12.5. The molecule has 0 aliphatic carbocycles. The van der Waals surface area contributed by atoms with Gasteiger partial charge >= 0.3 is 0 Å². The Bertz CT molecular complexity index is 672. The number of halogens is 1. The number of ether oxygens (including phenoxy) is 2. The van der Waals surface area contributed by atoms with Crippen molar-refractivity contribution in [3.8, 4) is 11.5 Å². The number of carbonyl (C=O) groups is 1. The predicted octanol–water partition coefficient (Wildman–Crippen LogP) is 3.14. The van der Waals surface area contributed by atoms with Crippen LogP contribution in [0.5, 0.6) is 11.5 Å². The highest BCUT2D eigenvalue weighted by atomic mass is 35.5. The van der Waals surface area contributed by atoms with Gasteiger partial charge in [0.25, 0.3) is 5.91 Å². The molecule has 0 aromatic heterocycles. The first-order valence-electron chi connectivity index (χ1n) is 7.01. The molecule has 0 N–H and O–H groups in total. The van der Waals surface area contributed by atoms with E-state index >= 15 is 0 Å². The van der Waals surface area contributed by atoms with E-state index in [9.17, 15) is 4.79 Å². The summed E-state index contributed by atoms with van der Waals surface area (Å²) in [4.78, 5) is 14.1. The molecule has 1 unspecified atom stereocenters. The number of carbonyl (C=O) groups excluding carboxylic acids is 1. The summed E-state index contributed by atoms with van der Waals surface area (Å²) in [6.07, 6.45) is -0.618. The van der Waals surface area contributed by atoms with Crippen LogP contribution in [0.4, 0.5) is 0 Å². The van der Waals surface area contributed by atoms with E-state index in [1.54, 1.807) is 18.0 Å². The lowest BCUT2D eigenvalue weighted by molar-refractivity contribution is -0.140. The second-order valence-electron chi connectivity index (χ2n) is 5.18. The first kappa shape index (κ1) is 14.7. The van der Waals surface area contributed by atoms with Gasteiger partial charge in [-0.2, -0.15) is 0 Å². The quantitative estimate of drug-likeness (QED) is 0.873. The highest BCUT2D eigenvalue weighted by Gasteiger charge is 2.29. The summed E-state index contributed by atoms with van der Waals surface area (Å²) in [6.45, 7) is 0.721. The van der Waals surface area contributed by atoms with Gasteiger partial charge in [-0.15, -0.1) is 0 Å². The summed E-state index contributed by atoms with van der Waals surface area (Å²) in [5, 5.41) is 0.679. The number of nitrogens with zero attached hydrogens (tertiary/aromatic N) is 1. The van der Waals surface area contributed by atoms with Gasteiger partial charge in [0.05, 0.1) is 0 Å². The van der Waals surface area contributed by atoms with Crippen molar-refractivity contribution >= 4 is 17.5 Å². The number of fused-ring (bicyclic) bond motifs is 1. The Hall–Kier alpha value is -2.20. The van der Waals surface area contributed by atoms with E-state index in [4.69, 9.17) is 21.1 Å². The summed E-state index contributed by atoms with van der Waals surface area (Å²) in [6, 6.07) is 14.8. The number of rotatable bonds is 3. The van der Waals surface area contributed by atoms with Gasteiger partial charge in [0.15, 0.2) is 11.5 Å². The molecule has 0 saturated carbocycles. The van der Waals surface area contributed by atoms with Gasteiger partial charge in [-0.25, -0.2) is 0 Å². The zero-order valence-electron chi connectivity index (χ0n) is 12.2. The standard InChI is InChI=1S/C17H16ClNO3/c1-19(10-12-6-8-13(18)9-7-12)17(20)16-11-21-14-4-2-3-5-15(14)22-16/h2-9,16H,10-11H2,1H3. The molecule has 22 heavy (non-hydrogen) atoms. The van der Waals surface area contributed by atoms with Crippen LogP contribution >= 0.6 is 11.6 Å². The van der Waals surface area contributed by atoms with E-state index in [1.165, 1.54) is 0 Å².